The lowest BCUT2D eigenvalue weighted by Crippen LogP contribution is -2.35. The SMILES string of the molecule is COc1ccc2cccc(CC(=O)NC(C)CC(=O)O)c2c1. The molecule has 1 unspecified atom stereocenters. The average molecular weight is 301 g/mol. The van der Waals surface area contributed by atoms with Crippen molar-refractivity contribution in [3.05, 3.63) is 42.0 Å². The minimum Gasteiger partial charge on any atom is -0.497 e. The summed E-state index contributed by atoms with van der Waals surface area (Å²) < 4.78 is 5.22. The van der Waals surface area contributed by atoms with Gasteiger partial charge in [0.2, 0.25) is 5.91 Å². The molecule has 2 rings (SSSR count). The van der Waals surface area contributed by atoms with Crippen LogP contribution < -0.4 is 10.1 Å². The molecule has 0 aliphatic carbocycles. The predicted octanol–water partition coefficient (Wildman–Crippen LogP) is 2.37. The first-order chi connectivity index (χ1) is 10.5. The summed E-state index contributed by atoms with van der Waals surface area (Å²) in [6.45, 7) is 1.68. The monoisotopic (exact) mass is 301 g/mol. The second kappa shape index (κ2) is 6.93. The van der Waals surface area contributed by atoms with Crippen LogP contribution in [-0.2, 0) is 16.0 Å². The molecular formula is C17H19NO4. The van der Waals surface area contributed by atoms with Gasteiger partial charge in [-0.3, -0.25) is 9.59 Å². The zero-order valence-electron chi connectivity index (χ0n) is 12.6. The fourth-order valence-corrected chi connectivity index (χ4v) is 2.41. The first kappa shape index (κ1) is 15.8. The number of hydrogen-bond donors (Lipinski definition) is 2. The summed E-state index contributed by atoms with van der Waals surface area (Å²) in [4.78, 5) is 22.7. The Hall–Kier alpha value is -2.56. The van der Waals surface area contributed by atoms with E-state index >= 15 is 0 Å². The largest absolute Gasteiger partial charge is 0.497 e. The number of rotatable bonds is 6. The highest BCUT2D eigenvalue weighted by Crippen LogP contribution is 2.24. The van der Waals surface area contributed by atoms with E-state index in [1.807, 2.05) is 36.4 Å². The number of carboxylic acids is 1. The Morgan fingerprint density at radius 2 is 2.05 bits per heavy atom. The lowest BCUT2D eigenvalue weighted by atomic mass is 10.0. The van der Waals surface area contributed by atoms with Crippen molar-refractivity contribution < 1.29 is 19.4 Å². The Labute approximate surface area is 128 Å². The second-order valence-electron chi connectivity index (χ2n) is 5.25. The van der Waals surface area contributed by atoms with Gasteiger partial charge >= 0.3 is 5.97 Å². The van der Waals surface area contributed by atoms with Gasteiger partial charge in [-0.15, -0.1) is 0 Å². The highest BCUT2D eigenvalue weighted by Gasteiger charge is 2.12. The van der Waals surface area contributed by atoms with Crippen LogP contribution in [-0.4, -0.2) is 30.1 Å². The maximum atomic E-state index is 12.1. The molecule has 116 valence electrons. The van der Waals surface area contributed by atoms with Crippen molar-refractivity contribution >= 4 is 22.6 Å². The van der Waals surface area contributed by atoms with Crippen molar-refractivity contribution in [2.45, 2.75) is 25.8 Å². The first-order valence-electron chi connectivity index (χ1n) is 7.06. The van der Waals surface area contributed by atoms with Gasteiger partial charge in [0.15, 0.2) is 0 Å². The molecule has 0 bridgehead atoms. The van der Waals surface area contributed by atoms with E-state index in [1.165, 1.54) is 0 Å². The lowest BCUT2D eigenvalue weighted by Gasteiger charge is -2.13. The number of carboxylic acid groups (broad SMARTS) is 1. The Bertz CT molecular complexity index is 696. The van der Waals surface area contributed by atoms with Gasteiger partial charge in [-0.2, -0.15) is 0 Å². The second-order valence-corrected chi connectivity index (χ2v) is 5.25. The number of aliphatic carboxylic acids is 1. The standard InChI is InChI=1S/C17H19NO4/c1-11(8-17(20)21)18-16(19)9-13-5-3-4-12-6-7-14(22-2)10-15(12)13/h3-7,10-11H,8-9H2,1-2H3,(H,18,19)(H,20,21). The van der Waals surface area contributed by atoms with Crippen LogP contribution in [0.5, 0.6) is 5.75 Å². The Balaban J connectivity index is 2.16. The number of hydrogen-bond acceptors (Lipinski definition) is 3. The Kier molecular flexibility index (Phi) is 4.99. The molecule has 0 saturated carbocycles. The first-order valence-corrected chi connectivity index (χ1v) is 7.06. The topological polar surface area (TPSA) is 75.6 Å². The van der Waals surface area contributed by atoms with Gasteiger partial charge < -0.3 is 15.2 Å². The molecule has 1 atom stereocenters. The van der Waals surface area contributed by atoms with Gasteiger partial charge in [0.25, 0.3) is 0 Å². The molecule has 2 N–H and O–H groups in total. The number of fused-ring (bicyclic) bond motifs is 1. The molecule has 0 aromatic heterocycles. The number of nitrogens with one attached hydrogen (secondary N) is 1. The van der Waals surface area contributed by atoms with E-state index in [0.29, 0.717) is 0 Å². The van der Waals surface area contributed by atoms with E-state index in [4.69, 9.17) is 9.84 Å². The highest BCUT2D eigenvalue weighted by molar-refractivity contribution is 5.91. The van der Waals surface area contributed by atoms with Gasteiger partial charge in [0, 0.05) is 6.04 Å². The summed E-state index contributed by atoms with van der Waals surface area (Å²) in [6, 6.07) is 11.1. The van der Waals surface area contributed by atoms with Gasteiger partial charge in [-0.25, -0.2) is 0 Å². The summed E-state index contributed by atoms with van der Waals surface area (Å²) in [7, 11) is 1.60. The summed E-state index contributed by atoms with van der Waals surface area (Å²) in [6.07, 6.45) is 0.115. The normalized spacial score (nSPS) is 11.9. The van der Waals surface area contributed by atoms with Crippen molar-refractivity contribution in [3.8, 4) is 5.75 Å². The average Bonchev–Trinajstić information content (AvgIpc) is 2.46. The van der Waals surface area contributed by atoms with Crippen molar-refractivity contribution in [2.24, 2.45) is 0 Å². The number of amides is 1. The van der Waals surface area contributed by atoms with Crippen LogP contribution >= 0.6 is 0 Å². The third-order valence-corrected chi connectivity index (χ3v) is 3.42. The van der Waals surface area contributed by atoms with Crippen LogP contribution in [0.15, 0.2) is 36.4 Å². The molecule has 0 saturated heterocycles. The zero-order chi connectivity index (χ0) is 16.1. The molecule has 2 aromatic carbocycles. The molecule has 0 aliphatic rings. The number of carbonyl (C=O) groups excluding carboxylic acids is 1. The Morgan fingerprint density at radius 3 is 2.73 bits per heavy atom. The molecule has 5 heteroatoms. The molecule has 2 aromatic rings. The lowest BCUT2D eigenvalue weighted by molar-refractivity contribution is -0.137. The Morgan fingerprint density at radius 1 is 1.27 bits per heavy atom. The molecule has 0 heterocycles. The van der Waals surface area contributed by atoms with Crippen LogP contribution in [0.3, 0.4) is 0 Å². The van der Waals surface area contributed by atoms with Crippen LogP contribution in [0.4, 0.5) is 0 Å². The van der Waals surface area contributed by atoms with E-state index < -0.39 is 12.0 Å². The smallest absolute Gasteiger partial charge is 0.305 e. The minimum atomic E-state index is -0.928. The quantitative estimate of drug-likeness (QED) is 0.859. The van der Waals surface area contributed by atoms with Gasteiger partial charge in [0.05, 0.1) is 20.0 Å². The molecule has 0 spiro atoms. The third kappa shape index (κ3) is 3.97. The highest BCUT2D eigenvalue weighted by atomic mass is 16.5. The van der Waals surface area contributed by atoms with Crippen molar-refractivity contribution in [1.82, 2.24) is 5.32 Å². The van der Waals surface area contributed by atoms with Gasteiger partial charge in [-0.1, -0.05) is 24.3 Å². The fraction of sp³-hybridized carbons (Fsp3) is 0.294. The minimum absolute atomic E-state index is 0.0882. The number of ether oxygens (including phenoxy) is 1. The van der Waals surface area contributed by atoms with E-state index in [9.17, 15) is 9.59 Å². The molecule has 5 nitrogen and oxygen atoms in total. The maximum absolute atomic E-state index is 12.1. The number of benzene rings is 2. The van der Waals surface area contributed by atoms with Gasteiger partial charge in [-0.05, 0) is 35.4 Å². The fourth-order valence-electron chi connectivity index (χ4n) is 2.41. The van der Waals surface area contributed by atoms with E-state index in [-0.39, 0.29) is 18.7 Å². The van der Waals surface area contributed by atoms with E-state index in [1.54, 1.807) is 14.0 Å². The number of carbonyl (C=O) groups is 2. The molecule has 1 amide bonds. The van der Waals surface area contributed by atoms with E-state index in [0.717, 1.165) is 22.1 Å². The molecule has 22 heavy (non-hydrogen) atoms. The molecular weight excluding hydrogens is 282 g/mol. The maximum Gasteiger partial charge on any atom is 0.305 e. The van der Waals surface area contributed by atoms with Gasteiger partial charge in [0.1, 0.15) is 5.75 Å². The third-order valence-electron chi connectivity index (χ3n) is 3.42. The number of methoxy groups -OCH3 is 1. The molecule has 0 fully saturated rings. The van der Waals surface area contributed by atoms with Crippen molar-refractivity contribution in [2.75, 3.05) is 7.11 Å². The molecule has 0 aliphatic heterocycles. The molecule has 0 radical (unpaired) electrons. The van der Waals surface area contributed by atoms with Crippen molar-refractivity contribution in [1.29, 1.82) is 0 Å². The summed E-state index contributed by atoms with van der Waals surface area (Å²) in [5, 5.41) is 13.4. The van der Waals surface area contributed by atoms with Crippen LogP contribution in [0.1, 0.15) is 18.9 Å². The van der Waals surface area contributed by atoms with Crippen LogP contribution in [0.2, 0.25) is 0 Å². The van der Waals surface area contributed by atoms with Crippen molar-refractivity contribution in [3.63, 3.8) is 0 Å². The summed E-state index contributed by atoms with van der Waals surface area (Å²) >= 11 is 0. The van der Waals surface area contributed by atoms with E-state index in [2.05, 4.69) is 5.32 Å². The van der Waals surface area contributed by atoms with Crippen LogP contribution in [0, 0.1) is 0 Å². The van der Waals surface area contributed by atoms with Crippen LogP contribution in [0.25, 0.3) is 10.8 Å². The summed E-state index contributed by atoms with van der Waals surface area (Å²) in [5.74, 6) is -0.383. The zero-order valence-corrected chi connectivity index (χ0v) is 12.6. The summed E-state index contributed by atoms with van der Waals surface area (Å²) in [5.41, 5.74) is 0.886. The predicted molar refractivity (Wildman–Crippen MR) is 84.1 cm³/mol.